The Morgan fingerprint density at radius 2 is 1.94 bits per heavy atom. The first-order chi connectivity index (χ1) is 8.69. The van der Waals surface area contributed by atoms with Crippen molar-refractivity contribution in [2.45, 2.75) is 32.7 Å². The fourth-order valence-electron chi connectivity index (χ4n) is 2.29. The maximum absolute atomic E-state index is 11.9. The summed E-state index contributed by atoms with van der Waals surface area (Å²) < 4.78 is 5.28. The summed E-state index contributed by atoms with van der Waals surface area (Å²) in [6.45, 7) is 9.20. The molecule has 0 aromatic carbocycles. The zero-order chi connectivity index (χ0) is 13.4. The first-order valence-electron chi connectivity index (χ1n) is 7.02. The summed E-state index contributed by atoms with van der Waals surface area (Å²) in [5.74, 6) is 0.269. The van der Waals surface area contributed by atoms with E-state index in [-0.39, 0.29) is 17.9 Å². The number of amides is 1. The van der Waals surface area contributed by atoms with Gasteiger partial charge in [0.2, 0.25) is 5.91 Å². The van der Waals surface area contributed by atoms with E-state index in [0.717, 1.165) is 45.7 Å². The number of morpholine rings is 1. The molecule has 1 amide bonds. The van der Waals surface area contributed by atoms with Gasteiger partial charge in [-0.25, -0.2) is 0 Å². The van der Waals surface area contributed by atoms with E-state index in [0.29, 0.717) is 6.54 Å². The topological polar surface area (TPSA) is 67.6 Å². The zero-order valence-electron chi connectivity index (χ0n) is 11.7. The van der Waals surface area contributed by atoms with Crippen LogP contribution in [0.1, 0.15) is 26.7 Å². The van der Waals surface area contributed by atoms with Gasteiger partial charge >= 0.3 is 0 Å². The third kappa shape index (κ3) is 4.92. The maximum atomic E-state index is 11.9. The van der Waals surface area contributed by atoms with Crippen molar-refractivity contribution in [1.29, 1.82) is 0 Å². The molecule has 106 valence electrons. The third-order valence-electron chi connectivity index (χ3n) is 3.69. The number of nitrogens with zero attached hydrogens (tertiary/aromatic N) is 1. The second kappa shape index (κ2) is 8.45. The number of ether oxygens (including phenoxy) is 1. The van der Waals surface area contributed by atoms with Crippen molar-refractivity contribution in [1.82, 2.24) is 10.2 Å². The third-order valence-corrected chi connectivity index (χ3v) is 3.69. The Balaban J connectivity index is 2.19. The second-order valence-electron chi connectivity index (χ2n) is 4.85. The lowest BCUT2D eigenvalue weighted by molar-refractivity contribution is -0.123. The van der Waals surface area contributed by atoms with E-state index in [2.05, 4.69) is 24.1 Å². The Hall–Kier alpha value is -0.650. The van der Waals surface area contributed by atoms with Crippen molar-refractivity contribution in [2.24, 2.45) is 11.7 Å². The Labute approximate surface area is 110 Å². The van der Waals surface area contributed by atoms with E-state index in [1.165, 1.54) is 0 Å². The molecule has 0 bridgehead atoms. The van der Waals surface area contributed by atoms with Gasteiger partial charge in [-0.05, 0) is 5.92 Å². The molecule has 1 aliphatic heterocycles. The highest BCUT2D eigenvalue weighted by Gasteiger charge is 2.21. The van der Waals surface area contributed by atoms with Crippen LogP contribution in [-0.4, -0.2) is 56.2 Å². The van der Waals surface area contributed by atoms with E-state index in [1.54, 1.807) is 0 Å². The lowest BCUT2D eigenvalue weighted by Crippen LogP contribution is -2.48. The molecule has 0 spiro atoms. The molecule has 1 aliphatic rings. The summed E-state index contributed by atoms with van der Waals surface area (Å²) in [6, 6.07) is -0.371. The molecule has 5 heteroatoms. The molecule has 0 aromatic heterocycles. The number of rotatable bonds is 7. The summed E-state index contributed by atoms with van der Waals surface area (Å²) in [6.07, 6.45) is 1.91. The van der Waals surface area contributed by atoms with Crippen LogP contribution in [0.25, 0.3) is 0 Å². The molecule has 18 heavy (non-hydrogen) atoms. The standard InChI is InChI=1S/C13H27N3O2/c1-3-11(4-2)12(14)13(17)15-5-6-16-7-9-18-10-8-16/h11-12H,3-10,14H2,1-2H3,(H,15,17). The van der Waals surface area contributed by atoms with Gasteiger partial charge < -0.3 is 15.8 Å². The molecule has 3 N–H and O–H groups in total. The van der Waals surface area contributed by atoms with Crippen LogP contribution in [0.4, 0.5) is 0 Å². The zero-order valence-corrected chi connectivity index (χ0v) is 11.7. The molecule has 1 saturated heterocycles. The molecule has 1 atom stereocenters. The molecule has 1 rings (SSSR count). The van der Waals surface area contributed by atoms with E-state index >= 15 is 0 Å². The highest BCUT2D eigenvalue weighted by Crippen LogP contribution is 2.11. The highest BCUT2D eigenvalue weighted by atomic mass is 16.5. The van der Waals surface area contributed by atoms with Crippen LogP contribution in [0, 0.1) is 5.92 Å². The average molecular weight is 257 g/mol. The summed E-state index contributed by atoms with van der Waals surface area (Å²) >= 11 is 0. The van der Waals surface area contributed by atoms with Gasteiger partial charge in [0, 0.05) is 26.2 Å². The van der Waals surface area contributed by atoms with E-state index < -0.39 is 0 Å². The van der Waals surface area contributed by atoms with E-state index in [9.17, 15) is 4.79 Å². The molecule has 0 radical (unpaired) electrons. The minimum Gasteiger partial charge on any atom is -0.379 e. The first-order valence-corrected chi connectivity index (χ1v) is 7.02. The molecule has 0 aromatic rings. The number of hydrogen-bond acceptors (Lipinski definition) is 4. The average Bonchev–Trinajstić information content (AvgIpc) is 2.41. The normalized spacial score (nSPS) is 18.9. The summed E-state index contributed by atoms with van der Waals surface area (Å²) in [5, 5.41) is 2.93. The van der Waals surface area contributed by atoms with Crippen LogP contribution in [-0.2, 0) is 9.53 Å². The summed E-state index contributed by atoms with van der Waals surface area (Å²) in [7, 11) is 0. The predicted octanol–water partition coefficient (Wildman–Crippen LogP) is 0.198. The van der Waals surface area contributed by atoms with Gasteiger partial charge in [0.25, 0.3) is 0 Å². The van der Waals surface area contributed by atoms with Crippen LogP contribution in [0.15, 0.2) is 0 Å². The molecular formula is C13H27N3O2. The smallest absolute Gasteiger partial charge is 0.237 e. The van der Waals surface area contributed by atoms with Crippen molar-refractivity contribution in [2.75, 3.05) is 39.4 Å². The maximum Gasteiger partial charge on any atom is 0.237 e. The minimum atomic E-state index is -0.371. The van der Waals surface area contributed by atoms with Gasteiger partial charge in [-0.2, -0.15) is 0 Å². The summed E-state index contributed by atoms with van der Waals surface area (Å²) in [4.78, 5) is 14.2. The molecule has 0 aliphatic carbocycles. The van der Waals surface area contributed by atoms with Crippen LogP contribution in [0.2, 0.25) is 0 Å². The predicted molar refractivity (Wildman–Crippen MR) is 72.3 cm³/mol. The van der Waals surface area contributed by atoms with Crippen molar-refractivity contribution in [3.63, 3.8) is 0 Å². The fraction of sp³-hybridized carbons (Fsp3) is 0.923. The monoisotopic (exact) mass is 257 g/mol. The summed E-state index contributed by atoms with van der Waals surface area (Å²) in [5.41, 5.74) is 5.96. The minimum absolute atomic E-state index is 0.0167. The lowest BCUT2D eigenvalue weighted by Gasteiger charge is -2.27. The number of nitrogens with one attached hydrogen (secondary N) is 1. The quantitative estimate of drug-likeness (QED) is 0.683. The molecule has 5 nitrogen and oxygen atoms in total. The Morgan fingerprint density at radius 1 is 1.33 bits per heavy atom. The van der Waals surface area contributed by atoms with Gasteiger partial charge in [0.1, 0.15) is 0 Å². The molecular weight excluding hydrogens is 230 g/mol. The van der Waals surface area contributed by atoms with Crippen molar-refractivity contribution >= 4 is 5.91 Å². The largest absolute Gasteiger partial charge is 0.379 e. The van der Waals surface area contributed by atoms with Crippen molar-refractivity contribution in [3.05, 3.63) is 0 Å². The van der Waals surface area contributed by atoms with Crippen molar-refractivity contribution < 1.29 is 9.53 Å². The molecule has 1 unspecified atom stereocenters. The Kier molecular flexibility index (Phi) is 7.23. The van der Waals surface area contributed by atoms with E-state index in [1.807, 2.05) is 0 Å². The van der Waals surface area contributed by atoms with Crippen LogP contribution >= 0.6 is 0 Å². The molecule has 0 saturated carbocycles. The number of nitrogens with two attached hydrogens (primary N) is 1. The van der Waals surface area contributed by atoms with Gasteiger partial charge in [-0.1, -0.05) is 26.7 Å². The van der Waals surface area contributed by atoms with Crippen LogP contribution in [0.5, 0.6) is 0 Å². The number of carbonyl (C=O) groups is 1. The van der Waals surface area contributed by atoms with Gasteiger partial charge in [0.15, 0.2) is 0 Å². The fourth-order valence-corrected chi connectivity index (χ4v) is 2.29. The van der Waals surface area contributed by atoms with Crippen molar-refractivity contribution in [3.8, 4) is 0 Å². The van der Waals surface area contributed by atoms with E-state index in [4.69, 9.17) is 10.5 Å². The Bertz CT molecular complexity index is 238. The SMILES string of the molecule is CCC(CC)C(N)C(=O)NCCN1CCOCC1. The molecule has 1 fully saturated rings. The first kappa shape index (κ1) is 15.4. The van der Waals surface area contributed by atoms with Crippen LogP contribution < -0.4 is 11.1 Å². The number of carbonyl (C=O) groups excluding carboxylic acids is 1. The number of hydrogen-bond donors (Lipinski definition) is 2. The van der Waals surface area contributed by atoms with Gasteiger partial charge in [0.05, 0.1) is 19.3 Å². The van der Waals surface area contributed by atoms with Gasteiger partial charge in [-0.15, -0.1) is 0 Å². The van der Waals surface area contributed by atoms with Crippen LogP contribution in [0.3, 0.4) is 0 Å². The Morgan fingerprint density at radius 3 is 2.50 bits per heavy atom. The molecule has 1 heterocycles. The second-order valence-corrected chi connectivity index (χ2v) is 4.85. The lowest BCUT2D eigenvalue weighted by atomic mass is 9.94. The highest BCUT2D eigenvalue weighted by molar-refractivity contribution is 5.81. The van der Waals surface area contributed by atoms with Gasteiger partial charge in [-0.3, -0.25) is 9.69 Å².